The Bertz CT molecular complexity index is 608. The van der Waals surface area contributed by atoms with E-state index in [9.17, 15) is 9.18 Å². The quantitative estimate of drug-likeness (QED) is 0.844. The highest BCUT2D eigenvalue weighted by Gasteiger charge is 2.36. The van der Waals surface area contributed by atoms with Gasteiger partial charge in [-0.15, -0.1) is 11.8 Å². The maximum atomic E-state index is 13.9. The summed E-state index contributed by atoms with van der Waals surface area (Å²) in [6.45, 7) is 0. The molecule has 0 unspecified atom stereocenters. The Hall–Kier alpha value is -1.95. The van der Waals surface area contributed by atoms with Gasteiger partial charge in [0.05, 0.1) is 5.75 Å². The summed E-state index contributed by atoms with van der Waals surface area (Å²) >= 11 is 1.38. The Morgan fingerprint density at radius 3 is 2.68 bits per heavy atom. The minimum absolute atomic E-state index is 0.107. The molecule has 1 aromatic heterocycles. The van der Waals surface area contributed by atoms with Gasteiger partial charge in [0, 0.05) is 18.0 Å². The Labute approximate surface area is 113 Å². The van der Waals surface area contributed by atoms with Crippen LogP contribution in [0.4, 0.5) is 10.3 Å². The van der Waals surface area contributed by atoms with Crippen LogP contribution in [0.1, 0.15) is 10.9 Å². The van der Waals surface area contributed by atoms with Crippen molar-refractivity contribution in [2.24, 2.45) is 0 Å². The molecule has 0 radical (unpaired) electrons. The first-order valence-electron chi connectivity index (χ1n) is 5.72. The van der Waals surface area contributed by atoms with Gasteiger partial charge in [0.1, 0.15) is 11.2 Å². The van der Waals surface area contributed by atoms with Gasteiger partial charge in [0.15, 0.2) is 0 Å². The van der Waals surface area contributed by atoms with Gasteiger partial charge in [-0.1, -0.05) is 18.2 Å². The summed E-state index contributed by atoms with van der Waals surface area (Å²) in [6.07, 6.45) is 3.13. The van der Waals surface area contributed by atoms with E-state index in [1.165, 1.54) is 22.7 Å². The molecule has 1 aromatic carbocycles. The van der Waals surface area contributed by atoms with Crippen LogP contribution in [0.15, 0.2) is 42.7 Å². The van der Waals surface area contributed by atoms with Crippen LogP contribution in [-0.2, 0) is 4.79 Å². The fourth-order valence-electron chi connectivity index (χ4n) is 1.96. The van der Waals surface area contributed by atoms with Crippen LogP contribution < -0.4 is 4.90 Å². The van der Waals surface area contributed by atoms with Gasteiger partial charge < -0.3 is 0 Å². The number of hydrogen-bond donors (Lipinski definition) is 0. The fourth-order valence-corrected chi connectivity index (χ4v) is 3.13. The number of halogens is 1. The van der Waals surface area contributed by atoms with Crippen molar-refractivity contribution in [1.82, 2.24) is 9.97 Å². The second-order valence-electron chi connectivity index (χ2n) is 4.00. The maximum Gasteiger partial charge on any atom is 0.240 e. The highest BCUT2D eigenvalue weighted by Crippen LogP contribution is 2.41. The van der Waals surface area contributed by atoms with Crippen LogP contribution in [0.25, 0.3) is 0 Å². The zero-order valence-corrected chi connectivity index (χ0v) is 10.7. The first-order valence-corrected chi connectivity index (χ1v) is 6.77. The van der Waals surface area contributed by atoms with Gasteiger partial charge in [-0.05, 0) is 12.1 Å². The first-order chi connectivity index (χ1) is 9.27. The smallest absolute Gasteiger partial charge is 0.240 e. The number of carbonyl (C=O) groups is 1. The van der Waals surface area contributed by atoms with Crippen molar-refractivity contribution in [3.05, 3.63) is 54.1 Å². The van der Waals surface area contributed by atoms with Crippen molar-refractivity contribution >= 4 is 23.6 Å². The van der Waals surface area contributed by atoms with E-state index in [0.29, 0.717) is 17.3 Å². The predicted octanol–water partition coefficient (Wildman–Crippen LogP) is 2.39. The van der Waals surface area contributed by atoms with E-state index in [1.807, 2.05) is 0 Å². The lowest BCUT2D eigenvalue weighted by Gasteiger charge is -2.22. The molecule has 1 aliphatic heterocycles. The molecule has 1 aliphatic rings. The summed E-state index contributed by atoms with van der Waals surface area (Å²) in [5, 5.41) is -0.406. The third-order valence-corrected chi connectivity index (χ3v) is 4.00. The molecule has 0 saturated carbocycles. The Kier molecular flexibility index (Phi) is 3.16. The third kappa shape index (κ3) is 2.19. The molecule has 4 nitrogen and oxygen atoms in total. The summed E-state index contributed by atoms with van der Waals surface area (Å²) in [5.41, 5.74) is 0.478. The van der Waals surface area contributed by atoms with Crippen LogP contribution in [0.5, 0.6) is 0 Å². The lowest BCUT2D eigenvalue weighted by Crippen LogP contribution is -2.29. The minimum atomic E-state index is -0.406. The number of nitrogens with zero attached hydrogens (tertiary/aromatic N) is 3. The minimum Gasteiger partial charge on any atom is -0.273 e. The molecule has 1 saturated heterocycles. The van der Waals surface area contributed by atoms with Crippen LogP contribution in [0.3, 0.4) is 0 Å². The standard InChI is InChI=1S/C13H10FN3OS/c14-10-5-2-1-4-9(10)12-17(11(18)8-19-12)13-15-6-3-7-16-13/h1-7,12H,8H2/t12-/m1/s1. The average Bonchev–Trinajstić information content (AvgIpc) is 2.82. The molecular weight excluding hydrogens is 265 g/mol. The molecule has 2 heterocycles. The van der Waals surface area contributed by atoms with Crippen LogP contribution >= 0.6 is 11.8 Å². The average molecular weight is 275 g/mol. The van der Waals surface area contributed by atoms with Gasteiger partial charge in [0.2, 0.25) is 11.9 Å². The second kappa shape index (κ2) is 4.97. The second-order valence-corrected chi connectivity index (χ2v) is 5.07. The number of rotatable bonds is 2. The highest BCUT2D eigenvalue weighted by atomic mass is 32.2. The Morgan fingerprint density at radius 2 is 1.95 bits per heavy atom. The van der Waals surface area contributed by atoms with E-state index in [2.05, 4.69) is 9.97 Å². The van der Waals surface area contributed by atoms with E-state index in [0.717, 1.165) is 0 Å². The number of thioether (sulfide) groups is 1. The molecule has 2 aromatic rings. The van der Waals surface area contributed by atoms with Gasteiger partial charge in [-0.2, -0.15) is 0 Å². The molecular formula is C13H10FN3OS. The van der Waals surface area contributed by atoms with Crippen molar-refractivity contribution in [2.45, 2.75) is 5.37 Å². The van der Waals surface area contributed by atoms with Gasteiger partial charge in [-0.3, -0.25) is 9.69 Å². The van der Waals surface area contributed by atoms with E-state index < -0.39 is 5.37 Å². The van der Waals surface area contributed by atoms with Gasteiger partial charge in [-0.25, -0.2) is 14.4 Å². The van der Waals surface area contributed by atoms with Gasteiger partial charge >= 0.3 is 0 Å². The normalized spacial score (nSPS) is 18.9. The van der Waals surface area contributed by atoms with Crippen molar-refractivity contribution in [3.8, 4) is 0 Å². The van der Waals surface area contributed by atoms with Crippen LogP contribution in [0.2, 0.25) is 0 Å². The molecule has 19 heavy (non-hydrogen) atoms. The zero-order valence-electron chi connectivity index (χ0n) is 9.86. The van der Waals surface area contributed by atoms with Crippen LogP contribution in [0, 0.1) is 5.82 Å². The van der Waals surface area contributed by atoms with Gasteiger partial charge in [0.25, 0.3) is 0 Å². The van der Waals surface area contributed by atoms with Crippen molar-refractivity contribution in [2.75, 3.05) is 10.7 Å². The van der Waals surface area contributed by atoms with E-state index in [-0.39, 0.29) is 11.7 Å². The Balaban J connectivity index is 2.02. The molecule has 0 aliphatic carbocycles. The number of benzene rings is 1. The Morgan fingerprint density at radius 1 is 1.21 bits per heavy atom. The highest BCUT2D eigenvalue weighted by molar-refractivity contribution is 8.00. The number of aromatic nitrogens is 2. The zero-order chi connectivity index (χ0) is 13.2. The molecule has 3 rings (SSSR count). The van der Waals surface area contributed by atoms with Crippen molar-refractivity contribution in [3.63, 3.8) is 0 Å². The first kappa shape index (κ1) is 12.1. The van der Waals surface area contributed by atoms with Crippen molar-refractivity contribution in [1.29, 1.82) is 0 Å². The summed E-state index contributed by atoms with van der Waals surface area (Å²) in [5.74, 6) is 0.183. The van der Waals surface area contributed by atoms with E-state index >= 15 is 0 Å². The predicted molar refractivity (Wildman–Crippen MR) is 71.1 cm³/mol. The monoisotopic (exact) mass is 275 g/mol. The number of anilines is 1. The number of hydrogen-bond acceptors (Lipinski definition) is 4. The summed E-state index contributed by atoms with van der Waals surface area (Å²) in [6, 6.07) is 8.13. The molecule has 1 fully saturated rings. The largest absolute Gasteiger partial charge is 0.273 e. The molecule has 0 bridgehead atoms. The number of amides is 1. The van der Waals surface area contributed by atoms with Crippen LogP contribution in [-0.4, -0.2) is 21.6 Å². The van der Waals surface area contributed by atoms with E-state index in [4.69, 9.17) is 0 Å². The summed E-state index contributed by atoms with van der Waals surface area (Å²) in [7, 11) is 0. The number of carbonyl (C=O) groups excluding carboxylic acids is 1. The summed E-state index contributed by atoms with van der Waals surface area (Å²) < 4.78 is 13.9. The van der Waals surface area contributed by atoms with Crippen molar-refractivity contribution < 1.29 is 9.18 Å². The topological polar surface area (TPSA) is 46.1 Å². The maximum absolute atomic E-state index is 13.9. The molecule has 6 heteroatoms. The third-order valence-electron chi connectivity index (χ3n) is 2.81. The molecule has 0 spiro atoms. The fraction of sp³-hybridized carbons (Fsp3) is 0.154. The molecule has 96 valence electrons. The molecule has 1 atom stereocenters. The lowest BCUT2D eigenvalue weighted by molar-refractivity contribution is -0.115. The molecule has 0 N–H and O–H groups in total. The molecule has 1 amide bonds. The lowest BCUT2D eigenvalue weighted by atomic mass is 10.2. The summed E-state index contributed by atoms with van der Waals surface area (Å²) in [4.78, 5) is 21.6. The van der Waals surface area contributed by atoms with E-state index in [1.54, 1.807) is 36.7 Å². The SMILES string of the molecule is O=C1CS[C@H](c2ccccc2F)N1c1ncccn1.